The molecular weight excluding hydrogens is 304 g/mol. The van der Waals surface area contributed by atoms with E-state index in [0.29, 0.717) is 18.3 Å². The molecule has 0 spiro atoms. The summed E-state index contributed by atoms with van der Waals surface area (Å²) < 4.78 is 5.44. The van der Waals surface area contributed by atoms with Crippen molar-refractivity contribution >= 4 is 6.29 Å². The quantitative estimate of drug-likeness (QED) is 0.867. The number of aldehydes is 1. The molecular formula is C18H26N4O2. The Hall–Kier alpha value is -2.05. The average molecular weight is 330 g/mol. The maximum Gasteiger partial charge on any atom is 0.232 e. The van der Waals surface area contributed by atoms with Crippen LogP contribution in [0.4, 0.5) is 0 Å². The summed E-state index contributed by atoms with van der Waals surface area (Å²) in [6, 6.07) is 10.0. The molecule has 6 heteroatoms. The second-order valence-corrected chi connectivity index (χ2v) is 6.23. The summed E-state index contributed by atoms with van der Waals surface area (Å²) in [7, 11) is 0. The molecule has 2 N–H and O–H groups in total. The molecule has 0 bridgehead atoms. The van der Waals surface area contributed by atoms with E-state index in [-0.39, 0.29) is 12.0 Å². The van der Waals surface area contributed by atoms with E-state index in [0.717, 1.165) is 32.2 Å². The zero-order valence-electron chi connectivity index (χ0n) is 14.4. The SMILES string of the molecule is CC(N)c1nnc(CN2CCC(C=O)CC2)o1.Cc1ccccc1. The van der Waals surface area contributed by atoms with E-state index in [4.69, 9.17) is 10.2 Å². The molecule has 2 aromatic rings. The highest BCUT2D eigenvalue weighted by Crippen LogP contribution is 2.17. The summed E-state index contributed by atoms with van der Waals surface area (Å²) in [5.41, 5.74) is 6.97. The number of aryl methyl sites for hydroxylation is 1. The Morgan fingerprint density at radius 1 is 1.29 bits per heavy atom. The number of aromatic nitrogens is 2. The van der Waals surface area contributed by atoms with Crippen LogP contribution in [0.1, 0.15) is 43.2 Å². The van der Waals surface area contributed by atoms with E-state index < -0.39 is 0 Å². The number of benzene rings is 1. The van der Waals surface area contributed by atoms with E-state index in [9.17, 15) is 4.79 Å². The largest absolute Gasteiger partial charge is 0.422 e. The number of piperidine rings is 1. The minimum absolute atomic E-state index is 0.216. The molecule has 0 radical (unpaired) electrons. The van der Waals surface area contributed by atoms with Gasteiger partial charge in [0.15, 0.2) is 0 Å². The number of rotatable bonds is 4. The fourth-order valence-electron chi connectivity index (χ4n) is 2.49. The van der Waals surface area contributed by atoms with E-state index in [2.05, 4.69) is 34.2 Å². The van der Waals surface area contributed by atoms with Crippen LogP contribution in [-0.4, -0.2) is 34.5 Å². The van der Waals surface area contributed by atoms with Crippen molar-refractivity contribution in [1.29, 1.82) is 0 Å². The number of hydrogen-bond donors (Lipinski definition) is 1. The van der Waals surface area contributed by atoms with E-state index in [1.807, 2.05) is 25.1 Å². The summed E-state index contributed by atoms with van der Waals surface area (Å²) >= 11 is 0. The summed E-state index contributed by atoms with van der Waals surface area (Å²) in [4.78, 5) is 12.9. The van der Waals surface area contributed by atoms with Gasteiger partial charge in [0.2, 0.25) is 11.8 Å². The molecule has 3 rings (SSSR count). The molecule has 1 unspecified atom stereocenters. The molecule has 1 fully saturated rings. The van der Waals surface area contributed by atoms with Crippen molar-refractivity contribution < 1.29 is 9.21 Å². The van der Waals surface area contributed by atoms with Crippen molar-refractivity contribution in [2.24, 2.45) is 11.7 Å². The lowest BCUT2D eigenvalue weighted by Crippen LogP contribution is -2.33. The zero-order valence-corrected chi connectivity index (χ0v) is 14.4. The molecule has 1 aliphatic heterocycles. The first-order valence-corrected chi connectivity index (χ1v) is 8.35. The van der Waals surface area contributed by atoms with Gasteiger partial charge in [-0.05, 0) is 39.8 Å². The van der Waals surface area contributed by atoms with Crippen molar-refractivity contribution in [3.63, 3.8) is 0 Å². The third kappa shape index (κ3) is 5.86. The van der Waals surface area contributed by atoms with Gasteiger partial charge in [0.25, 0.3) is 0 Å². The number of nitrogens with two attached hydrogens (primary N) is 1. The summed E-state index contributed by atoms with van der Waals surface area (Å²) in [5, 5.41) is 7.85. The van der Waals surface area contributed by atoms with Gasteiger partial charge < -0.3 is 14.9 Å². The number of likely N-dealkylation sites (tertiary alicyclic amines) is 1. The van der Waals surface area contributed by atoms with E-state index in [1.54, 1.807) is 0 Å². The van der Waals surface area contributed by atoms with Crippen molar-refractivity contribution in [2.75, 3.05) is 13.1 Å². The Kier molecular flexibility index (Phi) is 7.08. The molecule has 130 valence electrons. The van der Waals surface area contributed by atoms with E-state index >= 15 is 0 Å². The molecule has 1 aromatic heterocycles. The van der Waals surface area contributed by atoms with Gasteiger partial charge in [-0.1, -0.05) is 35.9 Å². The van der Waals surface area contributed by atoms with Crippen LogP contribution in [0.2, 0.25) is 0 Å². The Morgan fingerprint density at radius 2 is 1.96 bits per heavy atom. The Labute approximate surface area is 143 Å². The van der Waals surface area contributed by atoms with Gasteiger partial charge >= 0.3 is 0 Å². The fourth-order valence-corrected chi connectivity index (χ4v) is 2.49. The van der Waals surface area contributed by atoms with Crippen LogP contribution in [0, 0.1) is 12.8 Å². The third-order valence-electron chi connectivity index (χ3n) is 4.00. The monoisotopic (exact) mass is 330 g/mol. The van der Waals surface area contributed by atoms with Crippen LogP contribution in [0.5, 0.6) is 0 Å². The molecule has 2 heterocycles. The molecule has 1 atom stereocenters. The zero-order chi connectivity index (χ0) is 17.4. The van der Waals surface area contributed by atoms with E-state index in [1.165, 1.54) is 5.56 Å². The van der Waals surface area contributed by atoms with Crippen LogP contribution < -0.4 is 5.73 Å². The number of nitrogens with zero attached hydrogens (tertiary/aromatic N) is 3. The first-order chi connectivity index (χ1) is 11.6. The number of carbonyl (C=O) groups is 1. The highest BCUT2D eigenvalue weighted by molar-refractivity contribution is 5.53. The minimum atomic E-state index is -0.225. The lowest BCUT2D eigenvalue weighted by molar-refractivity contribution is -0.112. The maximum atomic E-state index is 10.6. The molecule has 1 aromatic carbocycles. The smallest absolute Gasteiger partial charge is 0.232 e. The van der Waals surface area contributed by atoms with Crippen molar-refractivity contribution in [3.8, 4) is 0 Å². The first kappa shape index (κ1) is 18.3. The second kappa shape index (κ2) is 9.30. The van der Waals surface area contributed by atoms with Crippen LogP contribution in [0.15, 0.2) is 34.7 Å². The Bertz CT molecular complexity index is 604. The van der Waals surface area contributed by atoms with Gasteiger partial charge in [-0.3, -0.25) is 4.90 Å². The summed E-state index contributed by atoms with van der Waals surface area (Å²) in [6.07, 6.45) is 2.88. The molecule has 0 amide bonds. The third-order valence-corrected chi connectivity index (χ3v) is 4.00. The van der Waals surface area contributed by atoms with Crippen molar-refractivity contribution in [1.82, 2.24) is 15.1 Å². The highest BCUT2D eigenvalue weighted by Gasteiger charge is 2.20. The van der Waals surface area contributed by atoms with Crippen LogP contribution >= 0.6 is 0 Å². The lowest BCUT2D eigenvalue weighted by atomic mass is 9.99. The summed E-state index contributed by atoms with van der Waals surface area (Å²) in [5.74, 6) is 1.29. The van der Waals surface area contributed by atoms with Gasteiger partial charge in [-0.25, -0.2) is 0 Å². The fraction of sp³-hybridized carbons (Fsp3) is 0.500. The Balaban J connectivity index is 0.000000249. The van der Waals surface area contributed by atoms with Crippen LogP contribution in [-0.2, 0) is 11.3 Å². The molecule has 6 nitrogen and oxygen atoms in total. The minimum Gasteiger partial charge on any atom is -0.422 e. The van der Waals surface area contributed by atoms with Gasteiger partial charge in [0.1, 0.15) is 6.29 Å². The molecule has 0 saturated carbocycles. The standard InChI is InChI=1S/C11H18N4O2.C7H8/c1-8(12)11-14-13-10(17-11)6-15-4-2-9(7-16)3-5-15;1-7-5-3-2-4-6-7/h7-9H,2-6,12H2,1H3;2-6H,1H3. The Morgan fingerprint density at radius 3 is 2.42 bits per heavy atom. The van der Waals surface area contributed by atoms with Gasteiger partial charge in [0, 0.05) is 5.92 Å². The number of carbonyl (C=O) groups excluding carboxylic acids is 1. The average Bonchev–Trinajstić information content (AvgIpc) is 3.06. The maximum absolute atomic E-state index is 10.6. The van der Waals surface area contributed by atoms with Gasteiger partial charge in [0.05, 0.1) is 12.6 Å². The normalized spacial score (nSPS) is 17.0. The highest BCUT2D eigenvalue weighted by atomic mass is 16.4. The molecule has 24 heavy (non-hydrogen) atoms. The van der Waals surface area contributed by atoms with Crippen molar-refractivity contribution in [3.05, 3.63) is 47.7 Å². The lowest BCUT2D eigenvalue weighted by Gasteiger charge is -2.28. The number of hydrogen-bond acceptors (Lipinski definition) is 6. The van der Waals surface area contributed by atoms with Crippen LogP contribution in [0.3, 0.4) is 0 Å². The molecule has 1 saturated heterocycles. The van der Waals surface area contributed by atoms with Gasteiger partial charge in [-0.2, -0.15) is 0 Å². The second-order valence-electron chi connectivity index (χ2n) is 6.23. The van der Waals surface area contributed by atoms with Gasteiger partial charge in [-0.15, -0.1) is 10.2 Å². The molecule has 1 aliphatic rings. The topological polar surface area (TPSA) is 85.2 Å². The predicted octanol–water partition coefficient (Wildman–Crippen LogP) is 2.50. The first-order valence-electron chi connectivity index (χ1n) is 8.35. The van der Waals surface area contributed by atoms with Crippen molar-refractivity contribution in [2.45, 2.75) is 39.3 Å². The summed E-state index contributed by atoms with van der Waals surface area (Å²) in [6.45, 7) is 6.34. The predicted molar refractivity (Wildman–Crippen MR) is 92.1 cm³/mol. The molecule has 0 aliphatic carbocycles. The van der Waals surface area contributed by atoms with Crippen LogP contribution in [0.25, 0.3) is 0 Å².